The molecule has 2 rings (SSSR count). The summed E-state index contributed by atoms with van der Waals surface area (Å²) in [4.78, 5) is 11.2. The molecule has 4 N–H and O–H groups in total. The number of nitrogens with zero attached hydrogens (tertiary/aromatic N) is 2. The molecule has 1 heterocycles. The first-order chi connectivity index (χ1) is 9.40. The lowest BCUT2D eigenvalue weighted by atomic mass is 10.2. The van der Waals surface area contributed by atoms with Gasteiger partial charge in [-0.3, -0.25) is 4.79 Å². The highest BCUT2D eigenvalue weighted by Gasteiger charge is 2.17. The number of benzene rings is 1. The van der Waals surface area contributed by atoms with Crippen LogP contribution < -0.4 is 16.2 Å². The number of carbonyl (C=O) groups is 1. The van der Waals surface area contributed by atoms with Crippen molar-refractivity contribution in [2.75, 3.05) is 5.73 Å². The van der Waals surface area contributed by atoms with Gasteiger partial charge in [0.1, 0.15) is 11.4 Å². The monoisotopic (exact) mass is 274 g/mol. The lowest BCUT2D eigenvalue weighted by Crippen LogP contribution is -2.11. The van der Waals surface area contributed by atoms with Gasteiger partial charge in [0.2, 0.25) is 11.8 Å². The second-order valence-electron chi connectivity index (χ2n) is 4.84. The largest absolute Gasteiger partial charge is 0.437 e. The Morgan fingerprint density at radius 1 is 1.40 bits per heavy atom. The molecule has 1 aromatic heterocycles. The number of aromatic nitrogens is 2. The SMILES string of the molecule is Cc1nn(C(C)C)c(Oc2cccc(C(N)=O)c2)c1N. The van der Waals surface area contributed by atoms with Crippen LogP contribution in [0.1, 0.15) is 35.9 Å². The molecular weight excluding hydrogens is 256 g/mol. The Morgan fingerprint density at radius 3 is 2.70 bits per heavy atom. The maximum Gasteiger partial charge on any atom is 0.248 e. The first-order valence-corrected chi connectivity index (χ1v) is 6.32. The third-order valence-corrected chi connectivity index (χ3v) is 2.91. The second kappa shape index (κ2) is 5.24. The lowest BCUT2D eigenvalue weighted by molar-refractivity contribution is 0.1000. The molecule has 0 saturated heterocycles. The fourth-order valence-corrected chi connectivity index (χ4v) is 1.82. The van der Waals surface area contributed by atoms with Gasteiger partial charge in [0.25, 0.3) is 0 Å². The molecule has 1 amide bonds. The normalized spacial score (nSPS) is 10.8. The van der Waals surface area contributed by atoms with Gasteiger partial charge in [-0.1, -0.05) is 6.07 Å². The number of hydrogen-bond donors (Lipinski definition) is 2. The summed E-state index contributed by atoms with van der Waals surface area (Å²) in [5.41, 5.74) is 12.8. The van der Waals surface area contributed by atoms with Crippen LogP contribution in [0.2, 0.25) is 0 Å². The molecule has 0 atom stereocenters. The van der Waals surface area contributed by atoms with E-state index >= 15 is 0 Å². The standard InChI is InChI=1S/C14H18N4O2/c1-8(2)18-14(12(15)9(3)17-18)20-11-6-4-5-10(7-11)13(16)19/h4-8H,15H2,1-3H3,(H2,16,19). The Kier molecular flexibility index (Phi) is 3.65. The first kappa shape index (κ1) is 13.9. The average Bonchev–Trinajstić information content (AvgIpc) is 2.67. The van der Waals surface area contributed by atoms with Crippen LogP contribution in [0.4, 0.5) is 5.69 Å². The van der Waals surface area contributed by atoms with Gasteiger partial charge in [0, 0.05) is 5.56 Å². The van der Waals surface area contributed by atoms with Gasteiger partial charge < -0.3 is 16.2 Å². The van der Waals surface area contributed by atoms with Gasteiger partial charge in [0.15, 0.2) is 0 Å². The number of primary amides is 1. The number of hydrogen-bond acceptors (Lipinski definition) is 4. The number of amides is 1. The van der Waals surface area contributed by atoms with Gasteiger partial charge in [-0.05, 0) is 39.0 Å². The van der Waals surface area contributed by atoms with Crippen molar-refractivity contribution >= 4 is 11.6 Å². The summed E-state index contributed by atoms with van der Waals surface area (Å²) in [6.07, 6.45) is 0. The van der Waals surface area contributed by atoms with Crippen LogP contribution in [-0.4, -0.2) is 15.7 Å². The van der Waals surface area contributed by atoms with E-state index in [2.05, 4.69) is 5.10 Å². The minimum Gasteiger partial charge on any atom is -0.437 e. The summed E-state index contributed by atoms with van der Waals surface area (Å²) in [7, 11) is 0. The quantitative estimate of drug-likeness (QED) is 0.893. The topological polar surface area (TPSA) is 96.2 Å². The number of anilines is 1. The lowest BCUT2D eigenvalue weighted by Gasteiger charge is -2.12. The molecule has 0 aliphatic rings. The molecule has 0 unspecified atom stereocenters. The van der Waals surface area contributed by atoms with Crippen molar-refractivity contribution in [2.45, 2.75) is 26.8 Å². The number of carbonyl (C=O) groups excluding carboxylic acids is 1. The van der Waals surface area contributed by atoms with Crippen molar-refractivity contribution in [1.29, 1.82) is 0 Å². The highest BCUT2D eigenvalue weighted by Crippen LogP contribution is 2.32. The maximum atomic E-state index is 11.2. The van der Waals surface area contributed by atoms with Gasteiger partial charge in [-0.2, -0.15) is 5.10 Å². The molecular formula is C14H18N4O2. The summed E-state index contributed by atoms with van der Waals surface area (Å²) in [6.45, 7) is 5.79. The van der Waals surface area contributed by atoms with Crippen molar-refractivity contribution in [3.8, 4) is 11.6 Å². The molecule has 0 aliphatic heterocycles. The molecule has 0 spiro atoms. The van der Waals surface area contributed by atoms with Crippen molar-refractivity contribution in [3.63, 3.8) is 0 Å². The van der Waals surface area contributed by atoms with Gasteiger partial charge in [-0.15, -0.1) is 0 Å². The summed E-state index contributed by atoms with van der Waals surface area (Å²) in [5, 5.41) is 4.34. The Labute approximate surface area is 117 Å². The molecule has 6 nitrogen and oxygen atoms in total. The van der Waals surface area contributed by atoms with Crippen LogP contribution in [0.5, 0.6) is 11.6 Å². The molecule has 0 bridgehead atoms. The number of ether oxygens (including phenoxy) is 1. The van der Waals surface area contributed by atoms with Crippen LogP contribution in [0.3, 0.4) is 0 Å². The fourth-order valence-electron chi connectivity index (χ4n) is 1.82. The van der Waals surface area contributed by atoms with E-state index in [1.807, 2.05) is 20.8 Å². The molecule has 0 radical (unpaired) electrons. The highest BCUT2D eigenvalue weighted by atomic mass is 16.5. The van der Waals surface area contributed by atoms with E-state index in [4.69, 9.17) is 16.2 Å². The van der Waals surface area contributed by atoms with E-state index in [1.165, 1.54) is 0 Å². The average molecular weight is 274 g/mol. The summed E-state index contributed by atoms with van der Waals surface area (Å²) < 4.78 is 7.49. The van der Waals surface area contributed by atoms with E-state index in [1.54, 1.807) is 28.9 Å². The molecule has 0 fully saturated rings. The van der Waals surface area contributed by atoms with Crippen molar-refractivity contribution < 1.29 is 9.53 Å². The van der Waals surface area contributed by atoms with Gasteiger partial charge in [-0.25, -0.2) is 4.68 Å². The summed E-state index contributed by atoms with van der Waals surface area (Å²) in [6, 6.07) is 6.76. The number of rotatable bonds is 4. The van der Waals surface area contributed by atoms with Crippen LogP contribution in [0.15, 0.2) is 24.3 Å². The van der Waals surface area contributed by atoms with E-state index in [0.717, 1.165) is 0 Å². The molecule has 1 aromatic carbocycles. The van der Waals surface area contributed by atoms with Crippen molar-refractivity contribution in [2.24, 2.45) is 5.73 Å². The third-order valence-electron chi connectivity index (χ3n) is 2.91. The molecule has 2 aromatic rings. The predicted molar refractivity (Wildman–Crippen MR) is 76.8 cm³/mol. The fraction of sp³-hybridized carbons (Fsp3) is 0.286. The Balaban J connectivity index is 2.39. The Bertz CT molecular complexity index is 647. The van der Waals surface area contributed by atoms with Crippen LogP contribution in [0, 0.1) is 6.92 Å². The zero-order valence-corrected chi connectivity index (χ0v) is 11.8. The van der Waals surface area contributed by atoms with Gasteiger partial charge >= 0.3 is 0 Å². The van der Waals surface area contributed by atoms with Crippen molar-refractivity contribution in [3.05, 3.63) is 35.5 Å². The number of nitrogen functional groups attached to an aromatic ring is 1. The van der Waals surface area contributed by atoms with Crippen LogP contribution in [0.25, 0.3) is 0 Å². The molecule has 6 heteroatoms. The Morgan fingerprint density at radius 2 is 2.10 bits per heavy atom. The second-order valence-corrected chi connectivity index (χ2v) is 4.84. The third kappa shape index (κ3) is 2.59. The van der Waals surface area contributed by atoms with E-state index in [-0.39, 0.29) is 6.04 Å². The minimum absolute atomic E-state index is 0.111. The zero-order valence-electron chi connectivity index (χ0n) is 11.8. The van der Waals surface area contributed by atoms with E-state index in [0.29, 0.717) is 28.6 Å². The Hall–Kier alpha value is -2.50. The maximum absolute atomic E-state index is 11.2. The van der Waals surface area contributed by atoms with Crippen molar-refractivity contribution in [1.82, 2.24) is 9.78 Å². The summed E-state index contributed by atoms with van der Waals surface area (Å²) >= 11 is 0. The molecule has 0 saturated carbocycles. The predicted octanol–water partition coefficient (Wildman–Crippen LogP) is 2.25. The minimum atomic E-state index is -0.503. The molecule has 0 aliphatic carbocycles. The highest BCUT2D eigenvalue weighted by molar-refractivity contribution is 5.93. The van der Waals surface area contributed by atoms with Gasteiger partial charge in [0.05, 0.1) is 11.7 Å². The van der Waals surface area contributed by atoms with Crippen LogP contribution in [-0.2, 0) is 0 Å². The summed E-state index contributed by atoms with van der Waals surface area (Å²) in [5.74, 6) is 0.464. The van der Waals surface area contributed by atoms with E-state index in [9.17, 15) is 4.79 Å². The van der Waals surface area contributed by atoms with Crippen LogP contribution >= 0.6 is 0 Å². The molecule has 20 heavy (non-hydrogen) atoms. The molecule has 106 valence electrons. The van der Waals surface area contributed by atoms with E-state index < -0.39 is 5.91 Å². The number of aryl methyl sites for hydroxylation is 1. The smallest absolute Gasteiger partial charge is 0.248 e. The first-order valence-electron chi connectivity index (χ1n) is 6.32. The zero-order chi connectivity index (χ0) is 14.9. The number of nitrogens with two attached hydrogens (primary N) is 2.